The van der Waals surface area contributed by atoms with Crippen molar-refractivity contribution in [3.8, 4) is 11.8 Å². The van der Waals surface area contributed by atoms with Crippen molar-refractivity contribution < 1.29 is 19.1 Å². The molecule has 0 saturated carbocycles. The van der Waals surface area contributed by atoms with Crippen LogP contribution in [0.15, 0.2) is 48.5 Å². The van der Waals surface area contributed by atoms with Crippen LogP contribution in [-0.4, -0.2) is 32.1 Å². The van der Waals surface area contributed by atoms with E-state index in [1.54, 1.807) is 36.4 Å². The quantitative estimate of drug-likeness (QED) is 0.585. The molecular formula is C18H15ClN2O4. The van der Waals surface area contributed by atoms with Gasteiger partial charge >= 0.3 is 5.97 Å². The largest absolute Gasteiger partial charge is 0.496 e. The third-order valence-electron chi connectivity index (χ3n) is 3.31. The molecule has 0 unspecified atom stereocenters. The summed E-state index contributed by atoms with van der Waals surface area (Å²) in [5.74, 6) is -0.960. The topological polar surface area (TPSA) is 79.6 Å². The summed E-state index contributed by atoms with van der Waals surface area (Å²) in [6.07, 6.45) is 0. The average molecular weight is 359 g/mol. The Labute approximate surface area is 150 Å². The lowest BCUT2D eigenvalue weighted by Gasteiger charge is -2.19. The van der Waals surface area contributed by atoms with Crippen molar-refractivity contribution in [2.24, 2.45) is 0 Å². The highest BCUT2D eigenvalue weighted by atomic mass is 35.5. The number of carbonyl (C=O) groups is 2. The molecule has 7 heteroatoms. The van der Waals surface area contributed by atoms with Gasteiger partial charge < -0.3 is 9.47 Å². The van der Waals surface area contributed by atoms with Crippen molar-refractivity contribution in [1.82, 2.24) is 0 Å². The zero-order chi connectivity index (χ0) is 18.2. The highest BCUT2D eigenvalue weighted by molar-refractivity contribution is 6.31. The molecule has 0 spiro atoms. The van der Waals surface area contributed by atoms with Gasteiger partial charge in [-0.2, -0.15) is 5.26 Å². The van der Waals surface area contributed by atoms with E-state index in [0.29, 0.717) is 16.5 Å². The summed E-state index contributed by atoms with van der Waals surface area (Å²) in [6.45, 7) is -0.661. The van der Waals surface area contributed by atoms with E-state index in [1.165, 1.54) is 24.1 Å². The van der Waals surface area contributed by atoms with Crippen molar-refractivity contribution in [1.29, 1.82) is 5.26 Å². The Morgan fingerprint density at radius 2 is 1.92 bits per heavy atom. The van der Waals surface area contributed by atoms with Gasteiger partial charge in [-0.25, -0.2) is 4.79 Å². The number of benzene rings is 2. The normalized spacial score (nSPS) is 9.80. The molecule has 1 amide bonds. The first-order chi connectivity index (χ1) is 12.1. The molecule has 0 aliphatic rings. The van der Waals surface area contributed by atoms with E-state index in [9.17, 15) is 9.59 Å². The Balaban J connectivity index is 2.09. The third kappa shape index (κ3) is 4.72. The first-order valence-electron chi connectivity index (χ1n) is 7.30. The van der Waals surface area contributed by atoms with Gasteiger partial charge in [0, 0.05) is 10.7 Å². The molecule has 0 atom stereocenters. The average Bonchev–Trinajstić information content (AvgIpc) is 2.64. The molecule has 0 aromatic heterocycles. The first kappa shape index (κ1) is 18.3. The number of rotatable bonds is 6. The molecule has 6 nitrogen and oxygen atoms in total. The van der Waals surface area contributed by atoms with Crippen LogP contribution in [0, 0.1) is 11.3 Å². The lowest BCUT2D eigenvalue weighted by atomic mass is 10.2. The molecule has 0 N–H and O–H groups in total. The van der Waals surface area contributed by atoms with Gasteiger partial charge in [0.2, 0.25) is 0 Å². The predicted molar refractivity (Wildman–Crippen MR) is 92.7 cm³/mol. The van der Waals surface area contributed by atoms with Gasteiger partial charge in [-0.15, -0.1) is 0 Å². The summed E-state index contributed by atoms with van der Waals surface area (Å²) in [5, 5.41) is 9.26. The number of anilines is 1. The fourth-order valence-corrected chi connectivity index (χ4v) is 2.30. The molecule has 2 rings (SSSR count). The van der Waals surface area contributed by atoms with Crippen LogP contribution >= 0.6 is 11.6 Å². The summed E-state index contributed by atoms with van der Waals surface area (Å²) >= 11 is 5.88. The third-order valence-corrected chi connectivity index (χ3v) is 3.54. The summed E-state index contributed by atoms with van der Waals surface area (Å²) in [4.78, 5) is 25.8. The monoisotopic (exact) mass is 358 g/mol. The zero-order valence-electron chi connectivity index (χ0n) is 13.4. The minimum absolute atomic E-state index is 0.120. The predicted octanol–water partition coefficient (Wildman–Crippen LogP) is 3.06. The molecule has 2 aromatic carbocycles. The number of hydrogen-bond acceptors (Lipinski definition) is 5. The Morgan fingerprint density at radius 3 is 2.56 bits per heavy atom. The maximum absolute atomic E-state index is 12.3. The van der Waals surface area contributed by atoms with Crippen LogP contribution in [0.5, 0.6) is 5.75 Å². The van der Waals surface area contributed by atoms with E-state index in [1.807, 2.05) is 6.07 Å². The van der Waals surface area contributed by atoms with Crippen molar-refractivity contribution in [3.63, 3.8) is 0 Å². The van der Waals surface area contributed by atoms with E-state index >= 15 is 0 Å². The Bertz CT molecular complexity index is 802. The highest BCUT2D eigenvalue weighted by Crippen LogP contribution is 2.23. The number of nitriles is 1. The van der Waals surface area contributed by atoms with Crippen LogP contribution < -0.4 is 9.64 Å². The summed E-state index contributed by atoms with van der Waals surface area (Å²) in [7, 11) is 1.41. The summed E-state index contributed by atoms with van der Waals surface area (Å²) in [5.41, 5.74) is 0.666. The number of nitrogens with zero attached hydrogens (tertiary/aromatic N) is 2. The summed E-state index contributed by atoms with van der Waals surface area (Å²) < 4.78 is 10.1. The maximum atomic E-state index is 12.3. The number of esters is 1. The van der Waals surface area contributed by atoms with Crippen molar-refractivity contribution >= 4 is 29.2 Å². The van der Waals surface area contributed by atoms with Crippen LogP contribution in [0.2, 0.25) is 5.02 Å². The van der Waals surface area contributed by atoms with E-state index in [0.717, 1.165) is 0 Å². The molecule has 0 radical (unpaired) electrons. The fourth-order valence-electron chi connectivity index (χ4n) is 2.12. The number of methoxy groups -OCH3 is 1. The van der Waals surface area contributed by atoms with Crippen molar-refractivity contribution in [2.75, 3.05) is 25.2 Å². The van der Waals surface area contributed by atoms with Gasteiger partial charge in [0.25, 0.3) is 5.91 Å². The van der Waals surface area contributed by atoms with Gasteiger partial charge in [0.15, 0.2) is 6.61 Å². The Hall–Kier alpha value is -3.04. The molecule has 25 heavy (non-hydrogen) atoms. The molecule has 128 valence electrons. The summed E-state index contributed by atoms with van der Waals surface area (Å²) in [6, 6.07) is 15.1. The van der Waals surface area contributed by atoms with Gasteiger partial charge in [-0.05, 0) is 30.3 Å². The first-order valence-corrected chi connectivity index (χ1v) is 7.67. The van der Waals surface area contributed by atoms with Crippen molar-refractivity contribution in [2.45, 2.75) is 0 Å². The standard InChI is InChI=1S/C18H15ClN2O4/c1-24-16-8-7-13(19)11-15(16)18(23)25-12-17(22)21(10-9-20)14-5-3-2-4-6-14/h2-8,11H,10,12H2,1H3. The van der Waals surface area contributed by atoms with Crippen LogP contribution in [0.4, 0.5) is 5.69 Å². The van der Waals surface area contributed by atoms with E-state index in [2.05, 4.69) is 0 Å². The van der Waals surface area contributed by atoms with Crippen LogP contribution in [0.3, 0.4) is 0 Å². The van der Waals surface area contributed by atoms with E-state index < -0.39 is 18.5 Å². The lowest BCUT2D eigenvalue weighted by Crippen LogP contribution is -2.35. The zero-order valence-corrected chi connectivity index (χ0v) is 14.2. The number of hydrogen-bond donors (Lipinski definition) is 0. The molecule has 0 fully saturated rings. The highest BCUT2D eigenvalue weighted by Gasteiger charge is 2.20. The SMILES string of the molecule is COc1ccc(Cl)cc1C(=O)OCC(=O)N(CC#N)c1ccccc1. The Kier molecular flexibility index (Phi) is 6.38. The Morgan fingerprint density at radius 1 is 1.20 bits per heavy atom. The van der Waals surface area contributed by atoms with Gasteiger partial charge in [0.1, 0.15) is 17.9 Å². The molecule has 0 aliphatic heterocycles. The van der Waals surface area contributed by atoms with Crippen LogP contribution in [-0.2, 0) is 9.53 Å². The molecule has 0 aliphatic carbocycles. The second-order valence-corrected chi connectivity index (χ2v) is 5.33. The lowest BCUT2D eigenvalue weighted by molar-refractivity contribution is -0.121. The molecule has 0 saturated heterocycles. The molecular weight excluding hydrogens is 344 g/mol. The van der Waals surface area contributed by atoms with Crippen molar-refractivity contribution in [3.05, 3.63) is 59.1 Å². The molecule has 2 aromatic rings. The molecule has 0 heterocycles. The number of para-hydroxylation sites is 1. The second kappa shape index (κ2) is 8.71. The smallest absolute Gasteiger partial charge is 0.342 e. The van der Waals surface area contributed by atoms with Gasteiger partial charge in [0.05, 0.1) is 13.2 Å². The van der Waals surface area contributed by atoms with Crippen LogP contribution in [0.25, 0.3) is 0 Å². The minimum atomic E-state index is -0.738. The van der Waals surface area contributed by atoms with Crippen LogP contribution in [0.1, 0.15) is 10.4 Å². The second-order valence-electron chi connectivity index (χ2n) is 4.89. The van der Waals surface area contributed by atoms with E-state index in [-0.39, 0.29) is 12.1 Å². The number of halogens is 1. The number of ether oxygens (including phenoxy) is 2. The van der Waals surface area contributed by atoms with E-state index in [4.69, 9.17) is 26.3 Å². The fraction of sp³-hybridized carbons (Fsp3) is 0.167. The van der Waals surface area contributed by atoms with Gasteiger partial charge in [-0.1, -0.05) is 29.8 Å². The minimum Gasteiger partial charge on any atom is -0.496 e. The maximum Gasteiger partial charge on any atom is 0.342 e. The molecule has 0 bridgehead atoms. The number of carbonyl (C=O) groups excluding carboxylic acids is 2. The number of amides is 1. The van der Waals surface area contributed by atoms with Gasteiger partial charge in [-0.3, -0.25) is 9.69 Å².